The van der Waals surface area contributed by atoms with Crippen molar-refractivity contribution in [2.75, 3.05) is 0 Å². The molecule has 1 aromatic carbocycles. The third kappa shape index (κ3) is 0.839. The molecule has 0 amide bonds. The predicted molar refractivity (Wildman–Crippen MR) is 49.3 cm³/mol. The minimum absolute atomic E-state index is 0.932. The largest absolute Gasteiger partial charge is 0.290 e. The summed E-state index contributed by atoms with van der Waals surface area (Å²) in [4.78, 5) is 8.53. The van der Waals surface area contributed by atoms with Crippen LogP contribution in [0.25, 0.3) is 16.6 Å². The van der Waals surface area contributed by atoms with Crippen molar-refractivity contribution in [3.8, 4) is 0 Å². The zero-order valence-corrected chi connectivity index (χ0v) is 6.81. The summed E-state index contributed by atoms with van der Waals surface area (Å²) in [6.07, 6.45) is 5.42. The first-order chi connectivity index (χ1) is 6.45. The van der Waals surface area contributed by atoms with E-state index in [0.717, 1.165) is 16.6 Å². The van der Waals surface area contributed by atoms with Crippen LogP contribution < -0.4 is 0 Å². The van der Waals surface area contributed by atoms with Crippen molar-refractivity contribution < 1.29 is 0 Å². The average molecular weight is 168 g/mol. The number of nitrogens with zero attached hydrogens (tertiary/aromatic N) is 3. The molecule has 0 saturated carbocycles. The Hall–Kier alpha value is -1.90. The van der Waals surface area contributed by atoms with Gasteiger partial charge < -0.3 is 0 Å². The Morgan fingerprint density at radius 1 is 1.31 bits per heavy atom. The number of aromatic nitrogens is 3. The molecular formula is C10H6N3. The molecule has 3 rings (SSSR count). The lowest BCUT2D eigenvalue weighted by Crippen LogP contribution is -1.87. The molecule has 2 aromatic heterocycles. The Kier molecular flexibility index (Phi) is 1.16. The first-order valence-corrected chi connectivity index (χ1v) is 4.02. The number of benzene rings is 1. The van der Waals surface area contributed by atoms with Gasteiger partial charge in [-0.1, -0.05) is 6.07 Å². The Bertz CT molecular complexity index is 568. The summed E-state index contributed by atoms with van der Waals surface area (Å²) in [7, 11) is 0. The van der Waals surface area contributed by atoms with Gasteiger partial charge in [0.2, 0.25) is 0 Å². The second-order valence-electron chi connectivity index (χ2n) is 2.85. The van der Waals surface area contributed by atoms with Crippen LogP contribution in [0, 0.1) is 6.07 Å². The SMILES string of the molecule is [c]1ccc2c(c1)ncn1ccnc21. The summed E-state index contributed by atoms with van der Waals surface area (Å²) < 4.78 is 1.91. The maximum atomic E-state index is 4.27. The second-order valence-corrected chi connectivity index (χ2v) is 2.85. The van der Waals surface area contributed by atoms with Crippen molar-refractivity contribution in [2.45, 2.75) is 0 Å². The quantitative estimate of drug-likeness (QED) is 0.511. The molecule has 0 fully saturated rings. The van der Waals surface area contributed by atoms with Crippen LogP contribution in [0.4, 0.5) is 0 Å². The van der Waals surface area contributed by atoms with E-state index in [9.17, 15) is 0 Å². The minimum Gasteiger partial charge on any atom is -0.290 e. The van der Waals surface area contributed by atoms with Crippen LogP contribution in [0.15, 0.2) is 36.9 Å². The van der Waals surface area contributed by atoms with E-state index in [0.29, 0.717) is 0 Å². The topological polar surface area (TPSA) is 30.2 Å². The van der Waals surface area contributed by atoms with Gasteiger partial charge in [0, 0.05) is 17.8 Å². The second kappa shape index (κ2) is 2.29. The number of hydrogen-bond donors (Lipinski definition) is 0. The van der Waals surface area contributed by atoms with Gasteiger partial charge in [0.1, 0.15) is 12.0 Å². The van der Waals surface area contributed by atoms with E-state index >= 15 is 0 Å². The maximum absolute atomic E-state index is 4.27. The van der Waals surface area contributed by atoms with Gasteiger partial charge in [0.15, 0.2) is 0 Å². The first-order valence-electron chi connectivity index (χ1n) is 4.02. The van der Waals surface area contributed by atoms with Crippen molar-refractivity contribution in [1.29, 1.82) is 0 Å². The van der Waals surface area contributed by atoms with E-state index in [1.807, 2.05) is 28.8 Å². The van der Waals surface area contributed by atoms with Gasteiger partial charge >= 0.3 is 0 Å². The van der Waals surface area contributed by atoms with Crippen molar-refractivity contribution in [2.24, 2.45) is 0 Å². The fourth-order valence-corrected chi connectivity index (χ4v) is 1.46. The molecule has 13 heavy (non-hydrogen) atoms. The number of imidazole rings is 1. The third-order valence-electron chi connectivity index (χ3n) is 2.07. The van der Waals surface area contributed by atoms with Crippen LogP contribution in [0.5, 0.6) is 0 Å². The van der Waals surface area contributed by atoms with Crippen molar-refractivity contribution in [3.63, 3.8) is 0 Å². The van der Waals surface area contributed by atoms with E-state index in [1.54, 1.807) is 12.5 Å². The molecule has 0 spiro atoms. The van der Waals surface area contributed by atoms with Crippen molar-refractivity contribution in [3.05, 3.63) is 43.0 Å². The minimum atomic E-state index is 0.932. The molecule has 61 valence electrons. The molecular weight excluding hydrogens is 162 g/mol. The average Bonchev–Trinajstić information content (AvgIpc) is 2.65. The normalized spacial score (nSPS) is 11.1. The van der Waals surface area contributed by atoms with E-state index < -0.39 is 0 Å². The van der Waals surface area contributed by atoms with Crippen LogP contribution in [0.1, 0.15) is 0 Å². The van der Waals surface area contributed by atoms with Gasteiger partial charge in [-0.2, -0.15) is 0 Å². The summed E-state index contributed by atoms with van der Waals surface area (Å²) in [5.74, 6) is 0. The van der Waals surface area contributed by atoms with Crippen LogP contribution >= 0.6 is 0 Å². The fourth-order valence-electron chi connectivity index (χ4n) is 1.46. The maximum Gasteiger partial charge on any atom is 0.147 e. The molecule has 0 bridgehead atoms. The predicted octanol–water partition coefficient (Wildman–Crippen LogP) is 1.68. The molecule has 0 N–H and O–H groups in total. The van der Waals surface area contributed by atoms with Gasteiger partial charge in [-0.05, 0) is 18.2 Å². The summed E-state index contributed by atoms with van der Waals surface area (Å²) >= 11 is 0. The molecule has 3 heteroatoms. The molecule has 0 aliphatic rings. The molecule has 0 aliphatic heterocycles. The summed E-state index contributed by atoms with van der Waals surface area (Å²) in [5.41, 5.74) is 1.88. The van der Waals surface area contributed by atoms with Gasteiger partial charge in [-0.25, -0.2) is 9.97 Å². The summed E-state index contributed by atoms with van der Waals surface area (Å²) in [6.45, 7) is 0. The number of hydrogen-bond acceptors (Lipinski definition) is 2. The monoisotopic (exact) mass is 168 g/mol. The third-order valence-corrected chi connectivity index (χ3v) is 2.07. The lowest BCUT2D eigenvalue weighted by Gasteiger charge is -1.97. The highest BCUT2D eigenvalue weighted by molar-refractivity contribution is 5.90. The van der Waals surface area contributed by atoms with Gasteiger partial charge in [-0.15, -0.1) is 0 Å². The van der Waals surface area contributed by atoms with Gasteiger partial charge in [-0.3, -0.25) is 4.40 Å². The Labute approximate surface area is 74.7 Å². The molecule has 0 aliphatic carbocycles. The molecule has 2 heterocycles. The highest BCUT2D eigenvalue weighted by Gasteiger charge is 2.00. The lowest BCUT2D eigenvalue weighted by molar-refractivity contribution is 1.12. The Morgan fingerprint density at radius 3 is 3.31 bits per heavy atom. The summed E-state index contributed by atoms with van der Waals surface area (Å²) in [5, 5.41) is 1.06. The molecule has 3 nitrogen and oxygen atoms in total. The van der Waals surface area contributed by atoms with Crippen molar-refractivity contribution >= 4 is 16.6 Å². The first kappa shape index (κ1) is 6.60. The van der Waals surface area contributed by atoms with Crippen molar-refractivity contribution in [1.82, 2.24) is 14.4 Å². The molecule has 0 unspecified atom stereocenters. The van der Waals surface area contributed by atoms with Crippen LogP contribution in [-0.2, 0) is 0 Å². The Morgan fingerprint density at radius 2 is 2.31 bits per heavy atom. The van der Waals surface area contributed by atoms with E-state index in [4.69, 9.17) is 0 Å². The van der Waals surface area contributed by atoms with Crippen LogP contribution in [0.2, 0.25) is 0 Å². The Balaban J connectivity index is 2.65. The molecule has 0 saturated heterocycles. The van der Waals surface area contributed by atoms with Crippen LogP contribution in [0.3, 0.4) is 0 Å². The molecule has 3 aromatic rings. The zero-order chi connectivity index (χ0) is 8.67. The van der Waals surface area contributed by atoms with Crippen LogP contribution in [-0.4, -0.2) is 14.4 Å². The highest BCUT2D eigenvalue weighted by Crippen LogP contribution is 2.14. The fraction of sp³-hybridized carbons (Fsp3) is 0. The van der Waals surface area contributed by atoms with E-state index in [1.165, 1.54) is 0 Å². The van der Waals surface area contributed by atoms with E-state index in [-0.39, 0.29) is 0 Å². The zero-order valence-electron chi connectivity index (χ0n) is 6.81. The van der Waals surface area contributed by atoms with Gasteiger partial charge in [0.05, 0.1) is 5.52 Å². The molecule has 0 atom stereocenters. The molecule has 1 radical (unpaired) electrons. The standard InChI is InChI=1S/C10H6N3/c1-2-4-9-8(3-1)10-11-5-6-13(10)7-12-9/h1,3-7H. The van der Waals surface area contributed by atoms with E-state index in [2.05, 4.69) is 16.0 Å². The number of rotatable bonds is 0. The summed E-state index contributed by atoms with van der Waals surface area (Å²) in [6, 6.07) is 8.71. The van der Waals surface area contributed by atoms with Gasteiger partial charge in [0.25, 0.3) is 0 Å². The highest BCUT2D eigenvalue weighted by atomic mass is 15.0. The smallest absolute Gasteiger partial charge is 0.147 e. The number of fused-ring (bicyclic) bond motifs is 3. The lowest BCUT2D eigenvalue weighted by atomic mass is 10.2.